The predicted molar refractivity (Wildman–Crippen MR) is 58.0 cm³/mol. The normalized spacial score (nSPS) is 14.8. The second kappa shape index (κ2) is 5.76. The standard InChI is InChI=1S/C10H24OSi/c1-6-10(5)11-12(7-2,8-3)9-4/h10H,6-9H2,1-5H3. The van der Waals surface area contributed by atoms with Crippen molar-refractivity contribution in [1.82, 2.24) is 0 Å². The maximum Gasteiger partial charge on any atom is 0.192 e. The molecule has 0 aliphatic heterocycles. The number of hydrogen-bond acceptors (Lipinski definition) is 1. The van der Waals surface area contributed by atoms with Crippen molar-refractivity contribution >= 4 is 8.32 Å². The SMILES string of the molecule is CCC(C)O[Si](CC)(CC)CC. The molecule has 0 aromatic heterocycles. The number of rotatable bonds is 6. The molecule has 0 aliphatic carbocycles. The third-order valence-corrected chi connectivity index (χ3v) is 7.73. The molecule has 0 amide bonds. The van der Waals surface area contributed by atoms with E-state index in [4.69, 9.17) is 4.43 Å². The van der Waals surface area contributed by atoms with Gasteiger partial charge < -0.3 is 4.43 Å². The van der Waals surface area contributed by atoms with Gasteiger partial charge in [-0.2, -0.15) is 0 Å². The molecule has 1 atom stereocenters. The molecule has 0 fully saturated rings. The first-order chi connectivity index (χ1) is 5.64. The van der Waals surface area contributed by atoms with E-state index in [2.05, 4.69) is 34.6 Å². The Balaban J connectivity index is 4.09. The first-order valence-corrected chi connectivity index (χ1v) is 7.84. The summed E-state index contributed by atoms with van der Waals surface area (Å²) in [6.07, 6.45) is 1.62. The zero-order valence-corrected chi connectivity index (χ0v) is 10.3. The first-order valence-electron chi connectivity index (χ1n) is 5.31. The summed E-state index contributed by atoms with van der Waals surface area (Å²) < 4.78 is 6.17. The second-order valence-corrected chi connectivity index (χ2v) is 8.30. The smallest absolute Gasteiger partial charge is 0.192 e. The Morgan fingerprint density at radius 2 is 1.42 bits per heavy atom. The van der Waals surface area contributed by atoms with Crippen molar-refractivity contribution in [3.05, 3.63) is 0 Å². The summed E-state index contributed by atoms with van der Waals surface area (Å²) in [5, 5.41) is 0. The van der Waals surface area contributed by atoms with E-state index in [9.17, 15) is 0 Å². The molecule has 2 heteroatoms. The van der Waals surface area contributed by atoms with E-state index < -0.39 is 8.32 Å². The van der Waals surface area contributed by atoms with E-state index in [1.54, 1.807) is 0 Å². The van der Waals surface area contributed by atoms with Gasteiger partial charge >= 0.3 is 0 Å². The van der Waals surface area contributed by atoms with Gasteiger partial charge in [0, 0.05) is 6.10 Å². The predicted octanol–water partition coefficient (Wildman–Crippen LogP) is 3.81. The Hall–Kier alpha value is 0.177. The number of hydrogen-bond donors (Lipinski definition) is 0. The molecule has 1 nitrogen and oxygen atoms in total. The van der Waals surface area contributed by atoms with Gasteiger partial charge in [0.2, 0.25) is 0 Å². The van der Waals surface area contributed by atoms with Crippen LogP contribution in [0.5, 0.6) is 0 Å². The quantitative estimate of drug-likeness (QED) is 0.576. The van der Waals surface area contributed by atoms with E-state index in [1.807, 2.05) is 0 Å². The molecule has 0 saturated carbocycles. The fourth-order valence-corrected chi connectivity index (χ4v) is 4.53. The highest BCUT2D eigenvalue weighted by Crippen LogP contribution is 2.23. The molecule has 0 aromatic carbocycles. The lowest BCUT2D eigenvalue weighted by atomic mass is 10.3. The zero-order valence-electron chi connectivity index (χ0n) is 9.31. The molecule has 0 saturated heterocycles. The molecule has 0 N–H and O–H groups in total. The second-order valence-electron chi connectivity index (χ2n) is 3.58. The molecule has 0 heterocycles. The van der Waals surface area contributed by atoms with Crippen molar-refractivity contribution in [3.63, 3.8) is 0 Å². The highest BCUT2D eigenvalue weighted by Gasteiger charge is 2.29. The molecule has 74 valence electrons. The lowest BCUT2D eigenvalue weighted by Crippen LogP contribution is -2.38. The fraction of sp³-hybridized carbons (Fsp3) is 1.00. The van der Waals surface area contributed by atoms with Crippen LogP contribution in [0.4, 0.5) is 0 Å². The molecule has 1 unspecified atom stereocenters. The average Bonchev–Trinajstić information content (AvgIpc) is 2.14. The van der Waals surface area contributed by atoms with Crippen LogP contribution in [0.1, 0.15) is 41.0 Å². The van der Waals surface area contributed by atoms with Crippen LogP contribution in [0.25, 0.3) is 0 Å². The molecule has 0 bridgehead atoms. The van der Waals surface area contributed by atoms with Crippen molar-refractivity contribution in [2.75, 3.05) is 0 Å². The van der Waals surface area contributed by atoms with Crippen LogP contribution >= 0.6 is 0 Å². The third-order valence-electron chi connectivity index (χ3n) is 2.96. The summed E-state index contributed by atoms with van der Waals surface area (Å²) in [6.45, 7) is 11.2. The Kier molecular flexibility index (Phi) is 5.84. The Morgan fingerprint density at radius 3 is 1.67 bits per heavy atom. The Labute approximate surface area is 78.6 Å². The van der Waals surface area contributed by atoms with Gasteiger partial charge in [-0.25, -0.2) is 0 Å². The van der Waals surface area contributed by atoms with Gasteiger partial charge in [-0.1, -0.05) is 27.7 Å². The minimum Gasteiger partial charge on any atom is -0.414 e. The maximum atomic E-state index is 6.17. The summed E-state index contributed by atoms with van der Waals surface area (Å²) in [5.41, 5.74) is 0. The average molecular weight is 188 g/mol. The summed E-state index contributed by atoms with van der Waals surface area (Å²) in [4.78, 5) is 0. The van der Waals surface area contributed by atoms with Crippen LogP contribution in [-0.4, -0.2) is 14.4 Å². The summed E-state index contributed by atoms with van der Waals surface area (Å²) in [5.74, 6) is 0. The van der Waals surface area contributed by atoms with Crippen LogP contribution in [0, 0.1) is 0 Å². The van der Waals surface area contributed by atoms with Crippen molar-refractivity contribution in [1.29, 1.82) is 0 Å². The van der Waals surface area contributed by atoms with E-state index in [1.165, 1.54) is 18.1 Å². The van der Waals surface area contributed by atoms with Crippen LogP contribution < -0.4 is 0 Å². The molecule has 0 spiro atoms. The van der Waals surface area contributed by atoms with Crippen molar-refractivity contribution in [2.24, 2.45) is 0 Å². The Bertz CT molecular complexity index is 102. The largest absolute Gasteiger partial charge is 0.414 e. The molecule has 12 heavy (non-hydrogen) atoms. The van der Waals surface area contributed by atoms with E-state index in [-0.39, 0.29) is 0 Å². The van der Waals surface area contributed by atoms with E-state index >= 15 is 0 Å². The van der Waals surface area contributed by atoms with Gasteiger partial charge in [-0.05, 0) is 31.5 Å². The highest BCUT2D eigenvalue weighted by molar-refractivity contribution is 6.73. The molecular formula is C10H24OSi. The molecule has 0 aliphatic rings. The monoisotopic (exact) mass is 188 g/mol. The Morgan fingerprint density at radius 1 is 1.00 bits per heavy atom. The highest BCUT2D eigenvalue weighted by atomic mass is 28.4. The topological polar surface area (TPSA) is 9.23 Å². The molecule has 0 aromatic rings. The minimum atomic E-state index is -1.30. The van der Waals surface area contributed by atoms with Gasteiger partial charge in [0.25, 0.3) is 0 Å². The zero-order chi connectivity index (χ0) is 9.61. The van der Waals surface area contributed by atoms with Gasteiger partial charge in [-0.15, -0.1) is 0 Å². The van der Waals surface area contributed by atoms with E-state index in [0.29, 0.717) is 6.10 Å². The van der Waals surface area contributed by atoms with Crippen molar-refractivity contribution in [2.45, 2.75) is 65.3 Å². The van der Waals surface area contributed by atoms with E-state index in [0.717, 1.165) is 6.42 Å². The van der Waals surface area contributed by atoms with Crippen molar-refractivity contribution in [3.8, 4) is 0 Å². The molecule has 0 radical (unpaired) electrons. The van der Waals surface area contributed by atoms with Crippen LogP contribution in [0.2, 0.25) is 18.1 Å². The fourth-order valence-electron chi connectivity index (χ4n) is 1.51. The maximum absolute atomic E-state index is 6.17. The lowest BCUT2D eigenvalue weighted by Gasteiger charge is -2.31. The third kappa shape index (κ3) is 3.28. The molecular weight excluding hydrogens is 164 g/mol. The summed E-state index contributed by atoms with van der Waals surface area (Å²) in [6, 6.07) is 3.80. The minimum absolute atomic E-state index is 0.469. The first kappa shape index (κ1) is 12.2. The van der Waals surface area contributed by atoms with Crippen LogP contribution in [0.15, 0.2) is 0 Å². The van der Waals surface area contributed by atoms with Crippen molar-refractivity contribution < 1.29 is 4.43 Å². The van der Waals surface area contributed by atoms with Crippen LogP contribution in [0.3, 0.4) is 0 Å². The lowest BCUT2D eigenvalue weighted by molar-refractivity contribution is 0.201. The van der Waals surface area contributed by atoms with Gasteiger partial charge in [0.1, 0.15) is 0 Å². The summed E-state index contributed by atoms with van der Waals surface area (Å²) >= 11 is 0. The summed E-state index contributed by atoms with van der Waals surface area (Å²) in [7, 11) is -1.30. The van der Waals surface area contributed by atoms with Gasteiger partial charge in [0.05, 0.1) is 0 Å². The van der Waals surface area contributed by atoms with Crippen LogP contribution in [-0.2, 0) is 4.43 Å². The molecule has 0 rings (SSSR count). The van der Waals surface area contributed by atoms with Gasteiger partial charge in [-0.3, -0.25) is 0 Å². The van der Waals surface area contributed by atoms with Gasteiger partial charge in [0.15, 0.2) is 8.32 Å².